The topological polar surface area (TPSA) is 29.5 Å². The Morgan fingerprint density at radius 2 is 1.63 bits per heavy atom. The lowest BCUT2D eigenvalue weighted by molar-refractivity contribution is -0.134. The van der Waals surface area contributed by atoms with Crippen molar-refractivity contribution in [2.45, 2.75) is 31.8 Å². The van der Waals surface area contributed by atoms with Crippen molar-refractivity contribution in [2.24, 2.45) is 0 Å². The highest BCUT2D eigenvalue weighted by molar-refractivity contribution is 5.93. The number of carbonyl (C=O) groups is 1. The second kappa shape index (κ2) is 7.07. The van der Waals surface area contributed by atoms with E-state index in [9.17, 15) is 4.79 Å². The number of benzene rings is 3. The van der Waals surface area contributed by atoms with Gasteiger partial charge in [-0.15, -0.1) is 0 Å². The first kappa shape index (κ1) is 17.6. The molecule has 0 bridgehead atoms. The van der Waals surface area contributed by atoms with Crippen LogP contribution in [0.25, 0.3) is 10.8 Å². The van der Waals surface area contributed by atoms with Gasteiger partial charge in [-0.2, -0.15) is 0 Å². The van der Waals surface area contributed by atoms with Crippen molar-refractivity contribution in [3.05, 3.63) is 78.4 Å². The van der Waals surface area contributed by atoms with E-state index in [1.807, 2.05) is 67.3 Å². The van der Waals surface area contributed by atoms with Crippen LogP contribution in [0.4, 0.5) is 0 Å². The number of fused-ring (bicyclic) bond motifs is 1. The third-order valence-electron chi connectivity index (χ3n) is 5.62. The molecule has 0 aliphatic heterocycles. The molecule has 1 saturated carbocycles. The van der Waals surface area contributed by atoms with Crippen LogP contribution in [0.2, 0.25) is 0 Å². The minimum Gasteiger partial charge on any atom is -0.489 e. The molecule has 1 fully saturated rings. The smallest absolute Gasteiger partial charge is 0.237 e. The zero-order chi connectivity index (χ0) is 18.9. The SMILES string of the molecule is CCN(CC)C(=O)[C@]1(c2ccccc2)C[C@@H]1Oc1ccc2ccccc2c1. The molecular weight excluding hydrogens is 334 g/mol. The third kappa shape index (κ3) is 3.08. The Kier molecular flexibility index (Phi) is 4.61. The summed E-state index contributed by atoms with van der Waals surface area (Å²) < 4.78 is 6.32. The summed E-state index contributed by atoms with van der Waals surface area (Å²) in [4.78, 5) is 15.3. The molecule has 3 heteroatoms. The van der Waals surface area contributed by atoms with Gasteiger partial charge in [-0.05, 0) is 42.3 Å². The van der Waals surface area contributed by atoms with Gasteiger partial charge < -0.3 is 9.64 Å². The minimum absolute atomic E-state index is 0.130. The lowest BCUT2D eigenvalue weighted by atomic mass is 9.93. The molecule has 0 spiro atoms. The van der Waals surface area contributed by atoms with Gasteiger partial charge in [0.05, 0.1) is 0 Å². The number of hydrogen-bond donors (Lipinski definition) is 0. The average Bonchev–Trinajstić information content (AvgIpc) is 3.44. The first-order valence-corrected chi connectivity index (χ1v) is 9.69. The van der Waals surface area contributed by atoms with Gasteiger partial charge in [0.1, 0.15) is 17.3 Å². The standard InChI is InChI=1S/C24H25NO2/c1-3-25(4-2)23(26)24(20-12-6-5-7-13-20)17-22(24)27-21-15-14-18-10-8-9-11-19(18)16-21/h5-16,22H,3-4,17H2,1-2H3/t22-,24-/m0/s1. The molecule has 3 aromatic rings. The Morgan fingerprint density at radius 1 is 0.963 bits per heavy atom. The van der Waals surface area contributed by atoms with Crippen LogP contribution in [-0.2, 0) is 10.2 Å². The number of hydrogen-bond acceptors (Lipinski definition) is 2. The summed E-state index contributed by atoms with van der Waals surface area (Å²) in [5, 5.41) is 2.34. The second-order valence-electron chi connectivity index (χ2n) is 7.13. The van der Waals surface area contributed by atoms with Crippen LogP contribution < -0.4 is 4.74 Å². The molecule has 3 aromatic carbocycles. The molecule has 0 heterocycles. The zero-order valence-corrected chi connectivity index (χ0v) is 15.9. The average molecular weight is 359 g/mol. The van der Waals surface area contributed by atoms with Crippen molar-refractivity contribution >= 4 is 16.7 Å². The fourth-order valence-corrected chi connectivity index (χ4v) is 3.96. The summed E-state index contributed by atoms with van der Waals surface area (Å²) in [6.45, 7) is 5.49. The highest BCUT2D eigenvalue weighted by atomic mass is 16.5. The molecule has 3 nitrogen and oxygen atoms in total. The summed E-state index contributed by atoms with van der Waals surface area (Å²) in [5.74, 6) is 0.994. The Balaban J connectivity index is 1.65. The van der Waals surface area contributed by atoms with Crippen molar-refractivity contribution in [1.82, 2.24) is 4.90 Å². The van der Waals surface area contributed by atoms with E-state index in [1.165, 1.54) is 5.39 Å². The van der Waals surface area contributed by atoms with Crippen molar-refractivity contribution < 1.29 is 9.53 Å². The van der Waals surface area contributed by atoms with Gasteiger partial charge in [0.2, 0.25) is 5.91 Å². The molecule has 1 aliphatic carbocycles. The van der Waals surface area contributed by atoms with Gasteiger partial charge >= 0.3 is 0 Å². The van der Waals surface area contributed by atoms with E-state index in [4.69, 9.17) is 4.74 Å². The molecule has 2 atom stereocenters. The van der Waals surface area contributed by atoms with Crippen LogP contribution in [0.1, 0.15) is 25.8 Å². The van der Waals surface area contributed by atoms with Crippen molar-refractivity contribution in [3.63, 3.8) is 0 Å². The van der Waals surface area contributed by atoms with Crippen LogP contribution in [0.3, 0.4) is 0 Å². The second-order valence-corrected chi connectivity index (χ2v) is 7.13. The number of likely N-dealkylation sites (N-methyl/N-ethyl adjacent to an activating group) is 1. The summed E-state index contributed by atoms with van der Waals surface area (Å²) in [6.07, 6.45) is 0.591. The lowest BCUT2D eigenvalue weighted by Gasteiger charge is -2.26. The molecule has 0 saturated heterocycles. The maximum absolute atomic E-state index is 13.3. The zero-order valence-electron chi connectivity index (χ0n) is 15.9. The number of amides is 1. The summed E-state index contributed by atoms with van der Waals surface area (Å²) >= 11 is 0. The van der Waals surface area contributed by atoms with Gasteiger partial charge in [-0.3, -0.25) is 4.79 Å². The van der Waals surface area contributed by atoms with Crippen molar-refractivity contribution in [3.8, 4) is 5.75 Å². The molecule has 27 heavy (non-hydrogen) atoms. The highest BCUT2D eigenvalue weighted by Gasteiger charge is 2.64. The molecule has 0 N–H and O–H groups in total. The Morgan fingerprint density at radius 3 is 2.33 bits per heavy atom. The summed E-state index contributed by atoms with van der Waals surface area (Å²) in [5.41, 5.74) is 0.478. The van der Waals surface area contributed by atoms with E-state index in [-0.39, 0.29) is 12.0 Å². The van der Waals surface area contributed by atoms with E-state index in [0.717, 1.165) is 23.1 Å². The first-order chi connectivity index (χ1) is 13.2. The number of rotatable bonds is 6. The molecule has 0 aromatic heterocycles. The van der Waals surface area contributed by atoms with Crippen LogP contribution >= 0.6 is 0 Å². The van der Waals surface area contributed by atoms with Gasteiger partial charge in [0.25, 0.3) is 0 Å². The van der Waals surface area contributed by atoms with E-state index < -0.39 is 5.41 Å². The van der Waals surface area contributed by atoms with Crippen LogP contribution in [0.5, 0.6) is 5.75 Å². The number of carbonyl (C=O) groups excluding carboxylic acids is 1. The molecule has 0 radical (unpaired) electrons. The van der Waals surface area contributed by atoms with Crippen LogP contribution in [0, 0.1) is 0 Å². The van der Waals surface area contributed by atoms with E-state index >= 15 is 0 Å². The lowest BCUT2D eigenvalue weighted by Crippen LogP contribution is -2.41. The van der Waals surface area contributed by atoms with Gasteiger partial charge in [-0.1, -0.05) is 60.7 Å². The minimum atomic E-state index is -0.571. The largest absolute Gasteiger partial charge is 0.489 e. The molecule has 0 unspecified atom stereocenters. The first-order valence-electron chi connectivity index (χ1n) is 9.69. The number of ether oxygens (including phenoxy) is 1. The molecule has 4 rings (SSSR count). The van der Waals surface area contributed by atoms with Gasteiger partial charge in [-0.25, -0.2) is 0 Å². The predicted octanol–water partition coefficient (Wildman–Crippen LogP) is 4.80. The van der Waals surface area contributed by atoms with Gasteiger partial charge in [0, 0.05) is 19.5 Å². The van der Waals surface area contributed by atoms with Crippen molar-refractivity contribution in [1.29, 1.82) is 0 Å². The van der Waals surface area contributed by atoms with E-state index in [2.05, 4.69) is 24.3 Å². The van der Waals surface area contributed by atoms with Crippen LogP contribution in [-0.4, -0.2) is 30.0 Å². The molecule has 138 valence electrons. The summed E-state index contributed by atoms with van der Waals surface area (Å²) in [6, 6.07) is 24.4. The quantitative estimate of drug-likeness (QED) is 0.633. The van der Waals surface area contributed by atoms with E-state index in [1.54, 1.807) is 0 Å². The van der Waals surface area contributed by atoms with Crippen LogP contribution in [0.15, 0.2) is 72.8 Å². The van der Waals surface area contributed by atoms with E-state index in [0.29, 0.717) is 13.1 Å². The molecule has 1 amide bonds. The Bertz CT molecular complexity index is 949. The monoisotopic (exact) mass is 359 g/mol. The fourth-order valence-electron chi connectivity index (χ4n) is 3.96. The predicted molar refractivity (Wildman–Crippen MR) is 109 cm³/mol. The number of nitrogens with zero attached hydrogens (tertiary/aromatic N) is 1. The highest BCUT2D eigenvalue weighted by Crippen LogP contribution is 2.52. The molecule has 1 aliphatic rings. The maximum atomic E-state index is 13.3. The summed E-state index contributed by atoms with van der Waals surface area (Å²) in [7, 11) is 0. The Hall–Kier alpha value is -2.81. The maximum Gasteiger partial charge on any atom is 0.237 e. The fraction of sp³-hybridized carbons (Fsp3) is 0.292. The van der Waals surface area contributed by atoms with Crippen molar-refractivity contribution in [2.75, 3.05) is 13.1 Å². The third-order valence-corrected chi connectivity index (χ3v) is 5.62. The molecular formula is C24H25NO2. The normalized spacial score (nSPS) is 21.0. The Labute approximate surface area is 160 Å². The van der Waals surface area contributed by atoms with Gasteiger partial charge in [0.15, 0.2) is 0 Å².